The molecule has 0 spiro atoms. The van der Waals surface area contributed by atoms with E-state index in [4.69, 9.17) is 0 Å². The van der Waals surface area contributed by atoms with Crippen molar-refractivity contribution in [3.05, 3.63) is 29.3 Å². The molecule has 0 aromatic heterocycles. The van der Waals surface area contributed by atoms with Crippen LogP contribution in [0.1, 0.15) is 18.1 Å². The van der Waals surface area contributed by atoms with Crippen LogP contribution in [0.15, 0.2) is 18.2 Å². The molecule has 2 N–H and O–H groups in total. The summed E-state index contributed by atoms with van der Waals surface area (Å²) >= 11 is 0. The van der Waals surface area contributed by atoms with Gasteiger partial charge in [-0.05, 0) is 37.6 Å². The minimum atomic E-state index is -4.38. The summed E-state index contributed by atoms with van der Waals surface area (Å²) in [6, 6.07) is 3.37. The first kappa shape index (κ1) is 15.6. The lowest BCUT2D eigenvalue weighted by atomic mass is 10.1. The third kappa shape index (κ3) is 3.66. The van der Waals surface area contributed by atoms with Gasteiger partial charge in [-0.1, -0.05) is 0 Å². The third-order valence-electron chi connectivity index (χ3n) is 3.55. The van der Waals surface area contributed by atoms with Crippen LogP contribution in [-0.2, 0) is 6.18 Å². The van der Waals surface area contributed by atoms with Crippen molar-refractivity contribution >= 4 is 11.7 Å². The first-order valence-electron chi connectivity index (χ1n) is 6.75. The number of aryl methyl sites for hydroxylation is 1. The lowest BCUT2D eigenvalue weighted by Gasteiger charge is -2.33. The minimum absolute atomic E-state index is 0.0503. The van der Waals surface area contributed by atoms with Gasteiger partial charge in [0.1, 0.15) is 0 Å². The van der Waals surface area contributed by atoms with E-state index in [1.54, 1.807) is 4.90 Å². The van der Waals surface area contributed by atoms with Gasteiger partial charge in [-0.15, -0.1) is 0 Å². The second kappa shape index (κ2) is 5.93. The van der Waals surface area contributed by atoms with Crippen molar-refractivity contribution in [1.29, 1.82) is 0 Å². The summed E-state index contributed by atoms with van der Waals surface area (Å²) < 4.78 is 38.0. The van der Waals surface area contributed by atoms with E-state index in [9.17, 15) is 18.0 Å². The fourth-order valence-corrected chi connectivity index (χ4v) is 2.40. The number of anilines is 1. The van der Waals surface area contributed by atoms with Crippen LogP contribution in [0.4, 0.5) is 23.7 Å². The first-order chi connectivity index (χ1) is 9.79. The van der Waals surface area contributed by atoms with E-state index in [0.29, 0.717) is 25.3 Å². The Labute approximate surface area is 121 Å². The van der Waals surface area contributed by atoms with E-state index in [0.717, 1.165) is 6.07 Å². The maximum Gasteiger partial charge on any atom is 0.416 e. The number of alkyl halides is 3. The number of benzene rings is 1. The zero-order valence-electron chi connectivity index (χ0n) is 11.9. The monoisotopic (exact) mass is 301 g/mol. The Kier molecular flexibility index (Phi) is 4.41. The fourth-order valence-electron chi connectivity index (χ4n) is 2.40. The van der Waals surface area contributed by atoms with E-state index in [1.165, 1.54) is 19.1 Å². The van der Waals surface area contributed by atoms with Crippen molar-refractivity contribution in [3.63, 3.8) is 0 Å². The van der Waals surface area contributed by atoms with Crippen LogP contribution in [0.5, 0.6) is 0 Å². The van der Waals surface area contributed by atoms with E-state index < -0.39 is 11.7 Å². The SMILES string of the molecule is Cc1cc(NC(=O)N2CCNCC2C)ccc1C(F)(F)F. The maximum atomic E-state index is 12.7. The van der Waals surface area contributed by atoms with Gasteiger partial charge in [-0.3, -0.25) is 0 Å². The Bertz CT molecular complexity index is 531. The number of halogens is 3. The van der Waals surface area contributed by atoms with Gasteiger partial charge in [0.2, 0.25) is 0 Å². The van der Waals surface area contributed by atoms with Crippen LogP contribution in [0.3, 0.4) is 0 Å². The maximum absolute atomic E-state index is 12.7. The summed E-state index contributed by atoms with van der Waals surface area (Å²) in [4.78, 5) is 13.8. The molecule has 1 aromatic carbocycles. The largest absolute Gasteiger partial charge is 0.416 e. The second-order valence-electron chi connectivity index (χ2n) is 5.20. The standard InChI is InChI=1S/C14H18F3N3O/c1-9-7-11(3-4-12(9)14(15,16)17)19-13(21)20-6-5-18-8-10(20)2/h3-4,7,10,18H,5-6,8H2,1-2H3,(H,19,21). The molecule has 1 aromatic rings. The molecule has 0 radical (unpaired) electrons. The van der Waals surface area contributed by atoms with Gasteiger partial charge in [0.15, 0.2) is 0 Å². The summed E-state index contributed by atoms with van der Waals surface area (Å²) in [5, 5.41) is 5.82. The molecule has 21 heavy (non-hydrogen) atoms. The average Bonchev–Trinajstić information content (AvgIpc) is 2.37. The van der Waals surface area contributed by atoms with Gasteiger partial charge in [0.25, 0.3) is 0 Å². The molecule has 1 saturated heterocycles. The minimum Gasteiger partial charge on any atom is -0.319 e. The number of rotatable bonds is 1. The van der Waals surface area contributed by atoms with Crippen LogP contribution >= 0.6 is 0 Å². The van der Waals surface area contributed by atoms with Crippen molar-refractivity contribution in [2.45, 2.75) is 26.1 Å². The number of piperazine rings is 1. The molecule has 1 aliphatic heterocycles. The number of nitrogens with one attached hydrogen (secondary N) is 2. The summed E-state index contributed by atoms with van der Waals surface area (Å²) in [5.74, 6) is 0. The molecule has 1 fully saturated rings. The highest BCUT2D eigenvalue weighted by Gasteiger charge is 2.32. The molecule has 0 bridgehead atoms. The quantitative estimate of drug-likeness (QED) is 0.838. The van der Waals surface area contributed by atoms with Gasteiger partial charge in [0, 0.05) is 31.4 Å². The van der Waals surface area contributed by atoms with Crippen molar-refractivity contribution in [1.82, 2.24) is 10.2 Å². The molecule has 1 atom stereocenters. The Morgan fingerprint density at radius 1 is 1.43 bits per heavy atom. The lowest BCUT2D eigenvalue weighted by Crippen LogP contribution is -2.53. The lowest BCUT2D eigenvalue weighted by molar-refractivity contribution is -0.138. The van der Waals surface area contributed by atoms with Crippen molar-refractivity contribution < 1.29 is 18.0 Å². The molecular formula is C14H18F3N3O. The van der Waals surface area contributed by atoms with Crippen LogP contribution in [0.2, 0.25) is 0 Å². The predicted octanol–water partition coefficient (Wildman–Crippen LogP) is 2.84. The van der Waals surface area contributed by atoms with E-state index in [-0.39, 0.29) is 17.6 Å². The van der Waals surface area contributed by atoms with Gasteiger partial charge in [0.05, 0.1) is 5.56 Å². The van der Waals surface area contributed by atoms with Gasteiger partial charge in [-0.2, -0.15) is 13.2 Å². The Hall–Kier alpha value is -1.76. The number of carbonyl (C=O) groups excluding carboxylic acids is 1. The predicted molar refractivity (Wildman–Crippen MR) is 74.2 cm³/mol. The number of hydrogen-bond donors (Lipinski definition) is 2. The van der Waals surface area contributed by atoms with Crippen LogP contribution in [0.25, 0.3) is 0 Å². The highest BCUT2D eigenvalue weighted by Crippen LogP contribution is 2.32. The van der Waals surface area contributed by atoms with Crippen LogP contribution in [0, 0.1) is 6.92 Å². The molecule has 7 heteroatoms. The Morgan fingerprint density at radius 2 is 2.14 bits per heavy atom. The zero-order chi connectivity index (χ0) is 15.6. The smallest absolute Gasteiger partial charge is 0.319 e. The molecule has 4 nitrogen and oxygen atoms in total. The van der Waals surface area contributed by atoms with E-state index in [1.807, 2.05) is 6.92 Å². The van der Waals surface area contributed by atoms with Gasteiger partial charge in [-0.25, -0.2) is 4.79 Å². The summed E-state index contributed by atoms with van der Waals surface area (Å²) in [7, 11) is 0. The molecule has 0 aliphatic carbocycles. The molecule has 2 rings (SSSR count). The highest BCUT2D eigenvalue weighted by molar-refractivity contribution is 5.89. The topological polar surface area (TPSA) is 44.4 Å². The summed E-state index contributed by atoms with van der Waals surface area (Å²) in [6.45, 7) is 5.30. The molecular weight excluding hydrogens is 283 g/mol. The fraction of sp³-hybridized carbons (Fsp3) is 0.500. The molecule has 1 heterocycles. The van der Waals surface area contributed by atoms with Crippen molar-refractivity contribution in [2.75, 3.05) is 25.0 Å². The van der Waals surface area contributed by atoms with Crippen molar-refractivity contribution in [3.8, 4) is 0 Å². The number of nitrogens with zero attached hydrogens (tertiary/aromatic N) is 1. The number of hydrogen-bond acceptors (Lipinski definition) is 2. The Balaban J connectivity index is 2.09. The Morgan fingerprint density at radius 3 is 2.71 bits per heavy atom. The normalized spacial score (nSPS) is 19.5. The van der Waals surface area contributed by atoms with Crippen LogP contribution < -0.4 is 10.6 Å². The number of amides is 2. The molecule has 116 valence electrons. The first-order valence-corrected chi connectivity index (χ1v) is 6.75. The second-order valence-corrected chi connectivity index (χ2v) is 5.20. The number of carbonyl (C=O) groups is 1. The van der Waals surface area contributed by atoms with Crippen molar-refractivity contribution in [2.24, 2.45) is 0 Å². The van der Waals surface area contributed by atoms with E-state index >= 15 is 0 Å². The molecule has 2 amide bonds. The van der Waals surface area contributed by atoms with Gasteiger partial charge >= 0.3 is 12.2 Å². The zero-order valence-corrected chi connectivity index (χ0v) is 11.9. The van der Waals surface area contributed by atoms with E-state index in [2.05, 4.69) is 10.6 Å². The third-order valence-corrected chi connectivity index (χ3v) is 3.55. The van der Waals surface area contributed by atoms with Gasteiger partial charge < -0.3 is 15.5 Å². The number of urea groups is 1. The average molecular weight is 301 g/mol. The molecule has 0 saturated carbocycles. The summed E-state index contributed by atoms with van der Waals surface area (Å²) in [5.41, 5.74) is -0.221. The highest BCUT2D eigenvalue weighted by atomic mass is 19.4. The molecule has 1 unspecified atom stereocenters. The summed E-state index contributed by atoms with van der Waals surface area (Å²) in [6.07, 6.45) is -4.38. The molecule has 1 aliphatic rings. The van der Waals surface area contributed by atoms with Crippen LogP contribution in [-0.4, -0.2) is 36.6 Å².